The first kappa shape index (κ1) is 26.8. The van der Waals surface area contributed by atoms with Crippen molar-refractivity contribution in [2.75, 3.05) is 6.61 Å². The highest BCUT2D eigenvalue weighted by Gasteiger charge is 2.51. The summed E-state index contributed by atoms with van der Waals surface area (Å²) in [5.74, 6) is -1.93. The zero-order valence-electron chi connectivity index (χ0n) is 20.4. The summed E-state index contributed by atoms with van der Waals surface area (Å²) in [6.07, 6.45) is 1.99. The lowest BCUT2D eigenvalue weighted by molar-refractivity contribution is -0.291. The molecule has 0 bridgehead atoms. The third-order valence-electron chi connectivity index (χ3n) is 5.33. The van der Waals surface area contributed by atoms with Crippen molar-refractivity contribution in [2.24, 2.45) is 0 Å². The van der Waals surface area contributed by atoms with Crippen LogP contribution in [0.4, 0.5) is 0 Å². The van der Waals surface area contributed by atoms with Gasteiger partial charge in [-0.2, -0.15) is 0 Å². The highest BCUT2D eigenvalue weighted by atomic mass is 16.7. The molecule has 1 fully saturated rings. The minimum atomic E-state index is -1.21. The predicted octanol–water partition coefficient (Wildman–Crippen LogP) is 4.26. The molecule has 2 unspecified atom stereocenters. The Balaban J connectivity index is 1.89. The number of ether oxygens (including phenoxy) is 5. The molecule has 5 atom stereocenters. The van der Waals surface area contributed by atoms with E-state index < -0.39 is 48.6 Å². The molecule has 0 aliphatic carbocycles. The van der Waals surface area contributed by atoms with E-state index in [0.29, 0.717) is 11.1 Å². The summed E-state index contributed by atoms with van der Waals surface area (Å²) < 4.78 is 28.9. The van der Waals surface area contributed by atoms with Gasteiger partial charge in [0.15, 0.2) is 24.6 Å². The van der Waals surface area contributed by atoms with Gasteiger partial charge in [-0.15, -0.1) is 0 Å². The van der Waals surface area contributed by atoms with E-state index in [2.05, 4.69) is 0 Å². The number of hydrogen-bond acceptors (Lipinski definition) is 8. The number of allylic oxidation sites excluding steroid dienone is 3. The van der Waals surface area contributed by atoms with Gasteiger partial charge in [0.05, 0.1) is 23.8 Å². The van der Waals surface area contributed by atoms with Crippen LogP contribution in [0.15, 0.2) is 85.0 Å². The molecular weight excluding hydrogens is 464 g/mol. The van der Waals surface area contributed by atoms with Crippen molar-refractivity contribution in [1.82, 2.24) is 0 Å². The second-order valence-corrected chi connectivity index (χ2v) is 8.04. The van der Waals surface area contributed by atoms with Gasteiger partial charge in [0.25, 0.3) is 0 Å². The minimum Gasteiger partial charge on any atom is -0.454 e. The summed E-state index contributed by atoms with van der Waals surface area (Å²) in [5, 5.41) is 0. The maximum atomic E-state index is 12.9. The smallest absolute Gasteiger partial charge is 0.338 e. The summed E-state index contributed by atoms with van der Waals surface area (Å²) in [6.45, 7) is 4.92. The van der Waals surface area contributed by atoms with Crippen molar-refractivity contribution in [3.05, 3.63) is 96.1 Å². The highest BCUT2D eigenvalue weighted by molar-refractivity contribution is 5.90. The average molecular weight is 495 g/mol. The number of hydrogen-bond donors (Lipinski definition) is 0. The van der Waals surface area contributed by atoms with Crippen molar-refractivity contribution in [3.8, 4) is 0 Å². The molecule has 0 aromatic heterocycles. The van der Waals surface area contributed by atoms with Crippen molar-refractivity contribution in [3.63, 3.8) is 0 Å². The molecule has 2 aromatic carbocycles. The normalized spacial score (nSPS) is 23.9. The molecule has 2 aromatic rings. The van der Waals surface area contributed by atoms with E-state index >= 15 is 0 Å². The van der Waals surface area contributed by atoms with E-state index in [0.717, 1.165) is 0 Å². The standard InChI is InChI=1S/C28H30O8/c1-4-5-6-13-18-32-28-25(36-27(31)22-16-11-8-12-17-22)24(34-20(3)29)23(19(2)33-28)35-26(30)21-14-9-7-10-15-21/h4-17,19,23-25,28H,18H2,1-3H3/b5-4+,13-6+/t19?,23-,24-,25?,28+/m0/s1. The molecular formula is C28H30O8. The lowest BCUT2D eigenvalue weighted by Gasteiger charge is -2.43. The zero-order valence-corrected chi connectivity index (χ0v) is 20.4. The van der Waals surface area contributed by atoms with Crippen molar-refractivity contribution >= 4 is 17.9 Å². The molecule has 0 N–H and O–H groups in total. The fourth-order valence-corrected chi connectivity index (χ4v) is 3.65. The molecule has 1 heterocycles. The van der Waals surface area contributed by atoms with Gasteiger partial charge in [0.1, 0.15) is 0 Å². The second kappa shape index (κ2) is 13.4. The minimum absolute atomic E-state index is 0.141. The number of carbonyl (C=O) groups is 3. The zero-order chi connectivity index (χ0) is 25.9. The fourth-order valence-electron chi connectivity index (χ4n) is 3.65. The molecule has 36 heavy (non-hydrogen) atoms. The van der Waals surface area contributed by atoms with E-state index in [1.54, 1.807) is 79.7 Å². The maximum Gasteiger partial charge on any atom is 0.338 e. The van der Waals surface area contributed by atoms with Crippen LogP contribution in [0.2, 0.25) is 0 Å². The Morgan fingerprint density at radius 1 is 0.806 bits per heavy atom. The second-order valence-electron chi connectivity index (χ2n) is 8.04. The predicted molar refractivity (Wildman–Crippen MR) is 131 cm³/mol. The molecule has 8 nitrogen and oxygen atoms in total. The fraction of sp³-hybridized carbons (Fsp3) is 0.321. The molecule has 3 rings (SSSR count). The van der Waals surface area contributed by atoms with Crippen molar-refractivity contribution in [1.29, 1.82) is 0 Å². The van der Waals surface area contributed by atoms with Gasteiger partial charge in [-0.05, 0) is 38.1 Å². The topological polar surface area (TPSA) is 97.4 Å². The SMILES string of the molecule is C/C=C/C=C/CO[C@@H]1OC(C)[C@H](OC(=O)c2ccccc2)[C@H](OC(C)=O)C1OC(=O)c1ccccc1. The van der Waals surface area contributed by atoms with Crippen LogP contribution in [0.3, 0.4) is 0 Å². The summed E-state index contributed by atoms with van der Waals surface area (Å²) in [4.78, 5) is 37.8. The van der Waals surface area contributed by atoms with Crippen LogP contribution in [-0.4, -0.2) is 55.2 Å². The third-order valence-corrected chi connectivity index (χ3v) is 5.33. The van der Waals surface area contributed by atoms with Crippen LogP contribution >= 0.6 is 0 Å². The molecule has 1 saturated heterocycles. The molecule has 0 radical (unpaired) electrons. The Morgan fingerprint density at radius 2 is 1.36 bits per heavy atom. The van der Waals surface area contributed by atoms with Gasteiger partial charge in [-0.1, -0.05) is 60.7 Å². The van der Waals surface area contributed by atoms with Gasteiger partial charge in [0.2, 0.25) is 0 Å². The molecule has 0 saturated carbocycles. The number of benzene rings is 2. The average Bonchev–Trinajstić information content (AvgIpc) is 2.88. The van der Waals surface area contributed by atoms with Crippen molar-refractivity contribution in [2.45, 2.75) is 51.5 Å². The lowest BCUT2D eigenvalue weighted by atomic mass is 9.98. The molecule has 1 aliphatic rings. The summed E-state index contributed by atoms with van der Waals surface area (Å²) in [6, 6.07) is 16.8. The molecule has 8 heteroatoms. The Morgan fingerprint density at radius 3 is 1.89 bits per heavy atom. The Bertz CT molecular complexity index is 1060. The van der Waals surface area contributed by atoms with E-state index in [4.69, 9.17) is 23.7 Å². The lowest BCUT2D eigenvalue weighted by Crippen LogP contribution is -2.61. The highest BCUT2D eigenvalue weighted by Crippen LogP contribution is 2.30. The maximum absolute atomic E-state index is 12.9. The summed E-state index contributed by atoms with van der Waals surface area (Å²) >= 11 is 0. The number of carbonyl (C=O) groups excluding carboxylic acids is 3. The number of esters is 3. The molecule has 1 aliphatic heterocycles. The van der Waals surface area contributed by atoms with E-state index in [1.165, 1.54) is 6.92 Å². The summed E-state index contributed by atoms with van der Waals surface area (Å²) in [5.41, 5.74) is 0.610. The number of rotatable bonds is 9. The van der Waals surface area contributed by atoms with Crippen LogP contribution < -0.4 is 0 Å². The Labute approximate surface area is 210 Å². The van der Waals surface area contributed by atoms with Crippen LogP contribution in [0.5, 0.6) is 0 Å². The first-order chi connectivity index (χ1) is 17.4. The first-order valence-electron chi connectivity index (χ1n) is 11.6. The molecule has 0 amide bonds. The van der Waals surface area contributed by atoms with E-state index in [9.17, 15) is 14.4 Å². The van der Waals surface area contributed by atoms with Gasteiger partial charge in [-0.3, -0.25) is 4.79 Å². The summed E-state index contributed by atoms with van der Waals surface area (Å²) in [7, 11) is 0. The Hall–Kier alpha value is -3.75. The van der Waals surface area contributed by atoms with Crippen LogP contribution in [-0.2, 0) is 28.5 Å². The largest absolute Gasteiger partial charge is 0.454 e. The van der Waals surface area contributed by atoms with Gasteiger partial charge >= 0.3 is 17.9 Å². The van der Waals surface area contributed by atoms with E-state index in [-0.39, 0.29) is 6.61 Å². The van der Waals surface area contributed by atoms with Crippen LogP contribution in [0.1, 0.15) is 41.5 Å². The van der Waals surface area contributed by atoms with Gasteiger partial charge < -0.3 is 23.7 Å². The molecule has 190 valence electrons. The van der Waals surface area contributed by atoms with Crippen LogP contribution in [0.25, 0.3) is 0 Å². The Kier molecular flexibility index (Phi) is 9.97. The molecule has 0 spiro atoms. The van der Waals surface area contributed by atoms with Crippen LogP contribution in [0, 0.1) is 0 Å². The van der Waals surface area contributed by atoms with Gasteiger partial charge in [-0.25, -0.2) is 9.59 Å². The van der Waals surface area contributed by atoms with Crippen molar-refractivity contribution < 1.29 is 38.1 Å². The quantitative estimate of drug-likeness (QED) is 0.290. The monoisotopic (exact) mass is 494 g/mol. The van der Waals surface area contributed by atoms with Gasteiger partial charge in [0, 0.05) is 6.92 Å². The first-order valence-corrected chi connectivity index (χ1v) is 11.6. The third kappa shape index (κ3) is 7.37. The van der Waals surface area contributed by atoms with E-state index in [1.807, 2.05) is 19.1 Å².